The molecule has 156 valence electrons. The van der Waals surface area contributed by atoms with Gasteiger partial charge in [-0.1, -0.05) is 30.3 Å². The van der Waals surface area contributed by atoms with Crippen molar-refractivity contribution in [2.45, 2.75) is 19.9 Å². The second-order valence-corrected chi connectivity index (χ2v) is 8.48. The van der Waals surface area contributed by atoms with Crippen LogP contribution in [0.3, 0.4) is 0 Å². The van der Waals surface area contributed by atoms with Gasteiger partial charge in [-0.2, -0.15) is 5.10 Å². The molecule has 1 atom stereocenters. The predicted octanol–water partition coefficient (Wildman–Crippen LogP) is 3.16. The van der Waals surface area contributed by atoms with Crippen molar-refractivity contribution in [1.82, 2.24) is 19.6 Å². The summed E-state index contributed by atoms with van der Waals surface area (Å²) in [6.45, 7) is 4.44. The summed E-state index contributed by atoms with van der Waals surface area (Å²) in [5, 5.41) is 6.20. The highest BCUT2D eigenvalue weighted by atomic mass is 32.1. The van der Waals surface area contributed by atoms with E-state index in [1.54, 1.807) is 34.5 Å². The Hall–Kier alpha value is -2.93. The van der Waals surface area contributed by atoms with Crippen LogP contribution in [0.1, 0.15) is 12.5 Å². The molecule has 30 heavy (non-hydrogen) atoms. The number of rotatable bonds is 6. The Balaban J connectivity index is 1.48. The summed E-state index contributed by atoms with van der Waals surface area (Å²) in [4.78, 5) is 30.8. The second kappa shape index (κ2) is 9.26. The minimum Gasteiger partial charge on any atom is -0.341 e. The third kappa shape index (κ3) is 4.62. The fourth-order valence-electron chi connectivity index (χ4n) is 3.90. The van der Waals surface area contributed by atoms with E-state index in [1.165, 1.54) is 10.4 Å². The van der Waals surface area contributed by atoms with Crippen LogP contribution < -0.4 is 0 Å². The number of hydrogen-bond acceptors (Lipinski definition) is 4. The van der Waals surface area contributed by atoms with Crippen molar-refractivity contribution in [3.05, 3.63) is 65.8 Å². The first-order valence-corrected chi connectivity index (χ1v) is 11.2. The van der Waals surface area contributed by atoms with E-state index in [0.29, 0.717) is 32.6 Å². The Morgan fingerprint density at radius 2 is 2.00 bits per heavy atom. The Morgan fingerprint density at radius 3 is 2.67 bits per heavy atom. The van der Waals surface area contributed by atoms with E-state index in [4.69, 9.17) is 0 Å². The molecule has 0 N–H and O–H groups in total. The van der Waals surface area contributed by atoms with E-state index < -0.39 is 0 Å². The number of carbonyl (C=O) groups is 2. The number of thiophene rings is 1. The number of hydrogen-bond donors (Lipinski definition) is 0. The van der Waals surface area contributed by atoms with Crippen LogP contribution in [-0.4, -0.2) is 57.6 Å². The van der Waals surface area contributed by atoms with Crippen LogP contribution in [0.2, 0.25) is 0 Å². The molecule has 3 aromatic rings. The molecule has 0 spiro atoms. The minimum atomic E-state index is -0.235. The molecule has 0 radical (unpaired) electrons. The molecule has 0 unspecified atom stereocenters. The minimum absolute atomic E-state index is 0.00231. The molecule has 3 heterocycles. The van der Waals surface area contributed by atoms with Crippen molar-refractivity contribution in [1.29, 1.82) is 0 Å². The van der Waals surface area contributed by atoms with Gasteiger partial charge >= 0.3 is 0 Å². The van der Waals surface area contributed by atoms with Crippen molar-refractivity contribution in [3.63, 3.8) is 0 Å². The molecule has 2 amide bonds. The van der Waals surface area contributed by atoms with Crippen molar-refractivity contribution in [2.24, 2.45) is 5.92 Å². The van der Waals surface area contributed by atoms with Gasteiger partial charge in [0.25, 0.3) is 0 Å². The first-order valence-electron chi connectivity index (χ1n) is 10.3. The zero-order valence-electron chi connectivity index (χ0n) is 17.1. The van der Waals surface area contributed by atoms with Crippen molar-refractivity contribution in [2.75, 3.05) is 26.2 Å². The molecule has 1 aliphatic heterocycles. The predicted molar refractivity (Wildman–Crippen MR) is 118 cm³/mol. The normalized spacial score (nSPS) is 17.2. The summed E-state index contributed by atoms with van der Waals surface area (Å²) >= 11 is 1.72. The number of likely N-dealkylation sites (N-methyl/N-ethyl adjacent to an activating group) is 1. The first kappa shape index (κ1) is 20.3. The van der Waals surface area contributed by atoms with E-state index >= 15 is 0 Å². The maximum Gasteiger partial charge on any atom is 0.244 e. The molecule has 4 rings (SSSR count). The van der Waals surface area contributed by atoms with E-state index in [1.807, 2.05) is 22.8 Å². The zero-order chi connectivity index (χ0) is 20.9. The SMILES string of the molecule is CCN1CCN(C(=O)Cn2cccn2)C[C@@H](Cc2ccc(-c3cccs3)cc2)C1=O. The van der Waals surface area contributed by atoms with Gasteiger partial charge in [-0.05, 0) is 42.0 Å². The summed E-state index contributed by atoms with van der Waals surface area (Å²) in [5.41, 5.74) is 2.30. The number of carbonyl (C=O) groups excluding carboxylic acids is 2. The van der Waals surface area contributed by atoms with Gasteiger partial charge in [0.05, 0.1) is 5.92 Å². The highest BCUT2D eigenvalue weighted by Crippen LogP contribution is 2.26. The fraction of sp³-hybridized carbons (Fsp3) is 0.348. The van der Waals surface area contributed by atoms with Crippen LogP contribution in [0, 0.1) is 5.92 Å². The van der Waals surface area contributed by atoms with E-state index in [2.05, 4.69) is 40.8 Å². The maximum absolute atomic E-state index is 13.1. The van der Waals surface area contributed by atoms with Crippen LogP contribution in [-0.2, 0) is 22.6 Å². The topological polar surface area (TPSA) is 58.4 Å². The average molecular weight is 423 g/mol. The van der Waals surface area contributed by atoms with Crippen LogP contribution >= 0.6 is 11.3 Å². The van der Waals surface area contributed by atoms with E-state index in [-0.39, 0.29) is 24.3 Å². The van der Waals surface area contributed by atoms with Crippen molar-refractivity contribution in [3.8, 4) is 10.4 Å². The third-order valence-corrected chi connectivity index (χ3v) is 6.49. The Bertz CT molecular complexity index is 967. The van der Waals surface area contributed by atoms with Gasteiger partial charge in [0.1, 0.15) is 6.54 Å². The Morgan fingerprint density at radius 1 is 1.17 bits per heavy atom. The second-order valence-electron chi connectivity index (χ2n) is 7.54. The highest BCUT2D eigenvalue weighted by molar-refractivity contribution is 7.13. The lowest BCUT2D eigenvalue weighted by molar-refractivity contribution is -0.135. The van der Waals surface area contributed by atoms with E-state index in [0.717, 1.165) is 5.56 Å². The van der Waals surface area contributed by atoms with Gasteiger partial charge in [-0.25, -0.2) is 0 Å². The molecule has 0 saturated carbocycles. The number of aromatic nitrogens is 2. The van der Waals surface area contributed by atoms with Crippen LogP contribution in [0.25, 0.3) is 10.4 Å². The fourth-order valence-corrected chi connectivity index (χ4v) is 4.64. The number of benzene rings is 1. The lowest BCUT2D eigenvalue weighted by Gasteiger charge is -2.23. The maximum atomic E-state index is 13.1. The molecule has 7 heteroatoms. The van der Waals surface area contributed by atoms with Gasteiger partial charge in [0.15, 0.2) is 0 Å². The van der Waals surface area contributed by atoms with Crippen LogP contribution in [0.15, 0.2) is 60.2 Å². The molecule has 1 aliphatic rings. The average Bonchev–Trinajstić information content (AvgIpc) is 3.44. The molecular formula is C23H26N4O2S. The van der Waals surface area contributed by atoms with Gasteiger partial charge in [0.2, 0.25) is 11.8 Å². The van der Waals surface area contributed by atoms with E-state index in [9.17, 15) is 9.59 Å². The standard InChI is InChI=1S/C23H26N4O2S/c1-2-25-12-13-26(22(28)17-27-11-4-10-24-27)16-20(23(25)29)15-18-6-8-19(9-7-18)21-5-3-14-30-21/h3-11,14,20H,2,12-13,15-17H2,1H3/t20-/m1/s1. The summed E-state index contributed by atoms with van der Waals surface area (Å²) in [5.74, 6) is -0.0988. The van der Waals surface area contributed by atoms with Gasteiger partial charge < -0.3 is 9.80 Å². The molecular weight excluding hydrogens is 396 g/mol. The monoisotopic (exact) mass is 422 g/mol. The molecule has 1 fully saturated rings. The summed E-state index contributed by atoms with van der Waals surface area (Å²) in [6, 6.07) is 14.4. The quantitative estimate of drug-likeness (QED) is 0.613. The highest BCUT2D eigenvalue weighted by Gasteiger charge is 2.31. The first-order chi connectivity index (χ1) is 14.6. The Labute approximate surface area is 180 Å². The van der Waals surface area contributed by atoms with Gasteiger partial charge in [-0.3, -0.25) is 14.3 Å². The smallest absolute Gasteiger partial charge is 0.244 e. The van der Waals surface area contributed by atoms with Crippen molar-refractivity contribution < 1.29 is 9.59 Å². The third-order valence-electron chi connectivity index (χ3n) is 5.57. The van der Waals surface area contributed by atoms with Gasteiger partial charge in [0, 0.05) is 43.4 Å². The summed E-state index contributed by atoms with van der Waals surface area (Å²) in [7, 11) is 0. The molecule has 0 aliphatic carbocycles. The lowest BCUT2D eigenvalue weighted by Crippen LogP contribution is -2.39. The van der Waals surface area contributed by atoms with Crippen LogP contribution in [0.4, 0.5) is 0 Å². The summed E-state index contributed by atoms with van der Waals surface area (Å²) < 4.78 is 1.63. The van der Waals surface area contributed by atoms with Gasteiger partial charge in [-0.15, -0.1) is 11.3 Å². The summed E-state index contributed by atoms with van der Waals surface area (Å²) in [6.07, 6.45) is 4.08. The number of amides is 2. The Kier molecular flexibility index (Phi) is 6.28. The molecule has 6 nitrogen and oxygen atoms in total. The lowest BCUT2D eigenvalue weighted by atomic mass is 9.96. The zero-order valence-corrected chi connectivity index (χ0v) is 17.9. The van der Waals surface area contributed by atoms with Crippen molar-refractivity contribution >= 4 is 23.2 Å². The largest absolute Gasteiger partial charge is 0.341 e. The number of nitrogens with zero attached hydrogens (tertiary/aromatic N) is 4. The van der Waals surface area contributed by atoms with Crippen LogP contribution in [0.5, 0.6) is 0 Å². The molecule has 2 aromatic heterocycles. The molecule has 0 bridgehead atoms. The molecule has 1 aromatic carbocycles. The molecule has 1 saturated heterocycles.